The van der Waals surface area contributed by atoms with Crippen LogP contribution in [0.3, 0.4) is 0 Å². The van der Waals surface area contributed by atoms with Crippen LogP contribution in [0.4, 0.5) is 0 Å². The van der Waals surface area contributed by atoms with Crippen molar-refractivity contribution in [3.63, 3.8) is 0 Å². The Labute approximate surface area is 92.6 Å². The molecule has 0 saturated carbocycles. The number of hydrazine groups is 1. The summed E-state index contributed by atoms with van der Waals surface area (Å²) in [5.74, 6) is 6.12. The summed E-state index contributed by atoms with van der Waals surface area (Å²) in [5.41, 5.74) is 3.37. The van der Waals surface area contributed by atoms with Crippen LogP contribution >= 0.6 is 27.5 Å². The Morgan fingerprint density at radius 3 is 3.00 bits per heavy atom. The van der Waals surface area contributed by atoms with Crippen LogP contribution in [0.5, 0.6) is 0 Å². The molecule has 0 bridgehead atoms. The molecule has 0 aliphatic carbocycles. The Bertz CT molecular complexity index is 401. The van der Waals surface area contributed by atoms with Gasteiger partial charge in [-0.15, -0.1) is 5.10 Å². The van der Waals surface area contributed by atoms with Crippen LogP contribution in [-0.2, 0) is 0 Å². The molecule has 2 aromatic heterocycles. The van der Waals surface area contributed by atoms with Crippen LogP contribution in [0.25, 0.3) is 0 Å². The van der Waals surface area contributed by atoms with Gasteiger partial charge in [-0.2, -0.15) is 0 Å². The molecular formula is C7H7BrN4OS. The van der Waals surface area contributed by atoms with Crippen molar-refractivity contribution < 1.29 is 4.42 Å². The summed E-state index contributed by atoms with van der Waals surface area (Å²) in [4.78, 5) is 0. The maximum absolute atomic E-state index is 5.43. The quantitative estimate of drug-likeness (QED) is 0.654. The second kappa shape index (κ2) is 4.18. The molecule has 7 heteroatoms. The third-order valence-electron chi connectivity index (χ3n) is 1.75. The summed E-state index contributed by atoms with van der Waals surface area (Å²) in [6, 6.07) is 1.54. The molecule has 0 spiro atoms. The van der Waals surface area contributed by atoms with Gasteiger partial charge in [0.2, 0.25) is 0 Å². The molecule has 0 aliphatic rings. The predicted octanol–water partition coefficient (Wildman–Crippen LogP) is 1.45. The third kappa shape index (κ3) is 1.71. The van der Waals surface area contributed by atoms with Gasteiger partial charge < -0.3 is 4.42 Å². The van der Waals surface area contributed by atoms with Crippen molar-refractivity contribution in [2.45, 2.75) is 6.04 Å². The summed E-state index contributed by atoms with van der Waals surface area (Å²) in [6.07, 6.45) is 1.59. The summed E-state index contributed by atoms with van der Waals surface area (Å²) in [5, 5.41) is 5.75. The van der Waals surface area contributed by atoms with Crippen molar-refractivity contribution in [3.05, 3.63) is 33.6 Å². The minimum Gasteiger partial charge on any atom is -0.466 e. The van der Waals surface area contributed by atoms with Crippen LogP contribution in [0, 0.1) is 0 Å². The summed E-state index contributed by atoms with van der Waals surface area (Å²) >= 11 is 4.63. The molecule has 0 fully saturated rings. The largest absolute Gasteiger partial charge is 0.466 e. The van der Waals surface area contributed by atoms with Gasteiger partial charge in [0.15, 0.2) is 0 Å². The third-order valence-corrected chi connectivity index (χ3v) is 2.92. The first-order chi connectivity index (χ1) is 6.83. The standard InChI is InChI=1S/C7H7BrN4OS/c8-4-1-2-13-7(4)6(10-9)5-3-14-12-11-5/h1-3,6,10H,9H2. The van der Waals surface area contributed by atoms with Crippen LogP contribution in [0.2, 0.25) is 0 Å². The number of nitrogens with zero attached hydrogens (tertiary/aromatic N) is 2. The van der Waals surface area contributed by atoms with E-state index in [1.54, 1.807) is 12.3 Å². The lowest BCUT2D eigenvalue weighted by molar-refractivity contribution is 0.444. The number of hydrogen-bond donors (Lipinski definition) is 2. The molecule has 2 aromatic rings. The molecule has 0 radical (unpaired) electrons. The second-order valence-corrected chi connectivity index (χ2v) is 4.03. The monoisotopic (exact) mass is 274 g/mol. The number of nitrogens with two attached hydrogens (primary N) is 1. The Morgan fingerprint density at radius 1 is 1.64 bits per heavy atom. The molecule has 5 nitrogen and oxygen atoms in total. The fourth-order valence-corrected chi connectivity index (χ4v) is 2.01. The minimum atomic E-state index is -0.266. The zero-order valence-corrected chi connectivity index (χ0v) is 9.38. The number of nitrogens with one attached hydrogen (secondary N) is 1. The van der Waals surface area contributed by atoms with E-state index in [1.165, 1.54) is 11.5 Å². The summed E-state index contributed by atoms with van der Waals surface area (Å²) < 4.78 is 9.91. The number of hydrogen-bond acceptors (Lipinski definition) is 6. The lowest BCUT2D eigenvalue weighted by atomic mass is 10.2. The van der Waals surface area contributed by atoms with Crippen molar-refractivity contribution in [3.8, 4) is 0 Å². The molecule has 0 aromatic carbocycles. The molecule has 2 rings (SSSR count). The average molecular weight is 275 g/mol. The van der Waals surface area contributed by atoms with E-state index >= 15 is 0 Å². The number of halogens is 1. The summed E-state index contributed by atoms with van der Waals surface area (Å²) in [6.45, 7) is 0. The highest BCUT2D eigenvalue weighted by Crippen LogP contribution is 2.28. The first kappa shape index (κ1) is 9.78. The van der Waals surface area contributed by atoms with Gasteiger partial charge in [-0.25, -0.2) is 5.43 Å². The number of rotatable bonds is 3. The SMILES string of the molecule is NNC(c1csnn1)c1occc1Br. The first-order valence-corrected chi connectivity index (χ1v) is 5.42. The van der Waals surface area contributed by atoms with Gasteiger partial charge in [-0.1, -0.05) is 4.49 Å². The van der Waals surface area contributed by atoms with Gasteiger partial charge in [0.25, 0.3) is 0 Å². The van der Waals surface area contributed by atoms with E-state index < -0.39 is 0 Å². The highest BCUT2D eigenvalue weighted by Gasteiger charge is 2.20. The van der Waals surface area contributed by atoms with E-state index in [-0.39, 0.29) is 6.04 Å². The predicted molar refractivity (Wildman–Crippen MR) is 55.5 cm³/mol. The highest BCUT2D eigenvalue weighted by molar-refractivity contribution is 9.10. The van der Waals surface area contributed by atoms with Crippen molar-refractivity contribution in [2.75, 3.05) is 0 Å². The Balaban J connectivity index is 2.36. The molecule has 2 heterocycles. The van der Waals surface area contributed by atoms with E-state index in [2.05, 4.69) is 30.9 Å². The van der Waals surface area contributed by atoms with E-state index in [0.717, 1.165) is 10.2 Å². The normalized spacial score (nSPS) is 13.0. The molecule has 3 N–H and O–H groups in total. The van der Waals surface area contributed by atoms with Crippen molar-refractivity contribution in [2.24, 2.45) is 5.84 Å². The van der Waals surface area contributed by atoms with Gasteiger partial charge >= 0.3 is 0 Å². The maximum Gasteiger partial charge on any atom is 0.142 e. The molecule has 0 aliphatic heterocycles. The van der Waals surface area contributed by atoms with Crippen LogP contribution in [0.15, 0.2) is 26.6 Å². The Hall–Kier alpha value is -0.760. The van der Waals surface area contributed by atoms with Gasteiger partial charge in [0.1, 0.15) is 17.5 Å². The van der Waals surface area contributed by atoms with E-state index in [0.29, 0.717) is 5.76 Å². The fraction of sp³-hybridized carbons (Fsp3) is 0.143. The lowest BCUT2D eigenvalue weighted by Crippen LogP contribution is -2.29. The van der Waals surface area contributed by atoms with E-state index in [1.807, 2.05) is 5.38 Å². The van der Waals surface area contributed by atoms with Gasteiger partial charge in [-0.3, -0.25) is 5.84 Å². The van der Waals surface area contributed by atoms with Crippen molar-refractivity contribution in [1.29, 1.82) is 0 Å². The lowest BCUT2D eigenvalue weighted by Gasteiger charge is -2.09. The summed E-state index contributed by atoms with van der Waals surface area (Å²) in [7, 11) is 0. The molecular weight excluding hydrogens is 268 g/mol. The molecule has 1 unspecified atom stereocenters. The average Bonchev–Trinajstić information content (AvgIpc) is 2.80. The Morgan fingerprint density at radius 2 is 2.50 bits per heavy atom. The van der Waals surface area contributed by atoms with Gasteiger partial charge in [-0.05, 0) is 33.5 Å². The van der Waals surface area contributed by atoms with Gasteiger partial charge in [0.05, 0.1) is 10.7 Å². The number of furan rings is 1. The number of aromatic nitrogens is 2. The van der Waals surface area contributed by atoms with Crippen LogP contribution < -0.4 is 11.3 Å². The van der Waals surface area contributed by atoms with E-state index in [9.17, 15) is 0 Å². The fourth-order valence-electron chi connectivity index (χ4n) is 1.10. The van der Waals surface area contributed by atoms with Gasteiger partial charge in [0, 0.05) is 5.38 Å². The van der Waals surface area contributed by atoms with E-state index in [4.69, 9.17) is 10.3 Å². The van der Waals surface area contributed by atoms with Crippen molar-refractivity contribution in [1.82, 2.24) is 15.0 Å². The molecule has 74 valence electrons. The first-order valence-electron chi connectivity index (χ1n) is 3.79. The second-order valence-electron chi connectivity index (χ2n) is 2.56. The molecule has 0 saturated heterocycles. The smallest absolute Gasteiger partial charge is 0.142 e. The van der Waals surface area contributed by atoms with Crippen LogP contribution in [-0.4, -0.2) is 9.59 Å². The maximum atomic E-state index is 5.43. The minimum absolute atomic E-state index is 0.266. The van der Waals surface area contributed by atoms with Crippen LogP contribution in [0.1, 0.15) is 17.5 Å². The molecule has 0 amide bonds. The zero-order chi connectivity index (χ0) is 9.97. The highest BCUT2D eigenvalue weighted by atomic mass is 79.9. The topological polar surface area (TPSA) is 77.0 Å². The molecule has 14 heavy (non-hydrogen) atoms. The zero-order valence-electron chi connectivity index (χ0n) is 6.98. The Kier molecular flexibility index (Phi) is 2.92. The molecule has 1 atom stereocenters. The van der Waals surface area contributed by atoms with Crippen molar-refractivity contribution >= 4 is 27.5 Å².